The smallest absolute Gasteiger partial charge is 0.342 e. The zero-order valence-corrected chi connectivity index (χ0v) is 18.7. The molecular formula is C21H32N2O10. The molecule has 1 saturated carbocycles. The lowest BCUT2D eigenvalue weighted by atomic mass is 9.79. The minimum Gasteiger partial charge on any atom is -0.396 e. The Kier molecular flexibility index (Phi) is 10.4. The molecule has 12 nitrogen and oxygen atoms in total. The highest BCUT2D eigenvalue weighted by atomic mass is 16.6. The van der Waals surface area contributed by atoms with E-state index < -0.39 is 42.2 Å². The third-order valence-electron chi connectivity index (χ3n) is 5.66. The first-order valence-corrected chi connectivity index (χ1v) is 10.8. The first-order chi connectivity index (χ1) is 15.6. The Labute approximate surface area is 191 Å². The highest BCUT2D eigenvalue weighted by molar-refractivity contribution is 6.12. The fourth-order valence-corrected chi connectivity index (χ4v) is 3.80. The number of nitrogens with one attached hydrogen (secondary N) is 2. The van der Waals surface area contributed by atoms with E-state index in [1.807, 2.05) is 0 Å². The van der Waals surface area contributed by atoms with Crippen molar-refractivity contribution in [2.45, 2.75) is 57.5 Å². The molecule has 33 heavy (non-hydrogen) atoms. The highest BCUT2D eigenvalue weighted by Crippen LogP contribution is 2.27. The van der Waals surface area contributed by atoms with E-state index in [1.54, 1.807) is 0 Å². The van der Waals surface area contributed by atoms with Crippen molar-refractivity contribution in [3.63, 3.8) is 0 Å². The van der Waals surface area contributed by atoms with Crippen LogP contribution in [0.3, 0.4) is 0 Å². The quantitative estimate of drug-likeness (QED) is 0.120. The number of aliphatic hydroxyl groups excluding tert-OH is 3. The Bertz CT molecular complexity index is 768. The number of carbonyl (C=O) groups is 4. The van der Waals surface area contributed by atoms with Crippen LogP contribution in [-0.4, -0.2) is 96.4 Å². The van der Waals surface area contributed by atoms with Crippen molar-refractivity contribution in [1.29, 1.82) is 0 Å². The Morgan fingerprint density at radius 3 is 2.45 bits per heavy atom. The normalized spacial score (nSPS) is 27.5. The van der Waals surface area contributed by atoms with Crippen LogP contribution < -0.4 is 10.6 Å². The van der Waals surface area contributed by atoms with Gasteiger partial charge in [-0.1, -0.05) is 0 Å². The second kappa shape index (κ2) is 12.8. The van der Waals surface area contributed by atoms with Crippen LogP contribution in [0.2, 0.25) is 0 Å². The molecule has 0 aromatic carbocycles. The lowest BCUT2D eigenvalue weighted by Crippen LogP contribution is -2.61. The number of carbonyl (C=O) groups excluding carboxylic acids is 4. The Morgan fingerprint density at radius 2 is 1.85 bits per heavy atom. The van der Waals surface area contributed by atoms with Gasteiger partial charge in [0, 0.05) is 43.6 Å². The molecule has 2 aliphatic rings. The maximum Gasteiger partial charge on any atom is 0.342 e. The molecule has 1 heterocycles. The van der Waals surface area contributed by atoms with Gasteiger partial charge in [0.1, 0.15) is 6.10 Å². The summed E-state index contributed by atoms with van der Waals surface area (Å²) in [5.74, 6) is -2.64. The molecule has 2 rings (SSSR count). The fraction of sp³-hybridized carbons (Fsp3) is 0.714. The zero-order chi connectivity index (χ0) is 24.5. The Hall–Kier alpha value is -2.38. The maximum absolute atomic E-state index is 11.9. The van der Waals surface area contributed by atoms with E-state index >= 15 is 0 Å². The van der Waals surface area contributed by atoms with E-state index in [0.717, 1.165) is 0 Å². The number of hydrogen-bond acceptors (Lipinski definition) is 10. The van der Waals surface area contributed by atoms with E-state index in [0.29, 0.717) is 0 Å². The van der Waals surface area contributed by atoms with Gasteiger partial charge in [0.2, 0.25) is 11.8 Å². The van der Waals surface area contributed by atoms with Gasteiger partial charge in [-0.15, -0.1) is 0 Å². The van der Waals surface area contributed by atoms with Gasteiger partial charge < -0.3 is 40.2 Å². The lowest BCUT2D eigenvalue weighted by molar-refractivity contribution is -0.151. The summed E-state index contributed by atoms with van der Waals surface area (Å²) in [6, 6.07) is -0.814. The first-order valence-electron chi connectivity index (χ1n) is 10.8. The van der Waals surface area contributed by atoms with Crippen molar-refractivity contribution >= 4 is 23.8 Å². The summed E-state index contributed by atoms with van der Waals surface area (Å²) in [5, 5.41) is 35.0. The summed E-state index contributed by atoms with van der Waals surface area (Å²) in [4.78, 5) is 46.1. The van der Waals surface area contributed by atoms with Crippen LogP contribution in [0.4, 0.5) is 0 Å². The molecule has 0 unspecified atom stereocenters. The monoisotopic (exact) mass is 472 g/mol. The number of esters is 2. The van der Waals surface area contributed by atoms with Gasteiger partial charge in [-0.25, -0.2) is 9.59 Å². The number of rotatable bonds is 12. The predicted molar refractivity (Wildman–Crippen MR) is 111 cm³/mol. The minimum absolute atomic E-state index is 0.0323. The fourth-order valence-electron chi connectivity index (χ4n) is 3.80. The van der Waals surface area contributed by atoms with Crippen molar-refractivity contribution < 1.29 is 48.7 Å². The summed E-state index contributed by atoms with van der Waals surface area (Å²) < 4.78 is 15.6. The van der Waals surface area contributed by atoms with E-state index in [9.17, 15) is 34.5 Å². The number of amides is 2. The SMILES string of the molecule is CC(=O)N[C@@H]1[C@@H](O)[C@@H](O)[C@@H](CO)C[C@H]1OCCOCCNC(=O)CCC1=C(C)C(=O)OC1=O. The van der Waals surface area contributed by atoms with Crippen LogP contribution in [0.5, 0.6) is 0 Å². The van der Waals surface area contributed by atoms with Crippen LogP contribution in [-0.2, 0) is 33.4 Å². The van der Waals surface area contributed by atoms with Gasteiger partial charge in [0.05, 0.1) is 38.1 Å². The van der Waals surface area contributed by atoms with Gasteiger partial charge in [0.15, 0.2) is 0 Å². The van der Waals surface area contributed by atoms with E-state index in [4.69, 9.17) is 9.47 Å². The van der Waals surface area contributed by atoms with Gasteiger partial charge in [-0.05, 0) is 19.8 Å². The molecule has 0 aromatic heterocycles. The molecule has 1 fully saturated rings. The molecule has 0 radical (unpaired) electrons. The molecule has 0 aromatic rings. The van der Waals surface area contributed by atoms with Crippen LogP contribution in [0.1, 0.15) is 33.1 Å². The predicted octanol–water partition coefficient (Wildman–Crippen LogP) is -2.08. The van der Waals surface area contributed by atoms with Gasteiger partial charge in [-0.2, -0.15) is 0 Å². The average Bonchev–Trinajstić information content (AvgIpc) is 3.01. The first kappa shape index (κ1) is 26.9. The molecule has 0 spiro atoms. The van der Waals surface area contributed by atoms with E-state index in [2.05, 4.69) is 15.4 Å². The molecule has 2 amide bonds. The molecule has 0 saturated heterocycles. The largest absolute Gasteiger partial charge is 0.396 e. The summed E-state index contributed by atoms with van der Waals surface area (Å²) in [6.07, 6.45) is -2.66. The van der Waals surface area contributed by atoms with Crippen molar-refractivity contribution in [2.24, 2.45) is 5.92 Å². The third kappa shape index (κ3) is 7.57. The number of aliphatic hydroxyl groups is 3. The molecule has 5 N–H and O–H groups in total. The summed E-state index contributed by atoms with van der Waals surface area (Å²) >= 11 is 0. The van der Waals surface area contributed by atoms with Gasteiger partial charge in [0.25, 0.3) is 0 Å². The van der Waals surface area contributed by atoms with E-state index in [1.165, 1.54) is 13.8 Å². The average molecular weight is 472 g/mol. The molecule has 0 bridgehead atoms. The minimum atomic E-state index is -1.27. The number of cyclic esters (lactones) is 2. The van der Waals surface area contributed by atoms with Gasteiger partial charge in [-0.3, -0.25) is 9.59 Å². The lowest BCUT2D eigenvalue weighted by Gasteiger charge is -2.42. The molecule has 12 heteroatoms. The molecule has 1 aliphatic heterocycles. The van der Waals surface area contributed by atoms with Crippen molar-refractivity contribution in [3.05, 3.63) is 11.1 Å². The third-order valence-corrected chi connectivity index (χ3v) is 5.66. The summed E-state index contributed by atoms with van der Waals surface area (Å²) in [5.41, 5.74) is 0.437. The van der Waals surface area contributed by atoms with Crippen molar-refractivity contribution in [3.8, 4) is 0 Å². The zero-order valence-electron chi connectivity index (χ0n) is 18.7. The molecule has 5 atom stereocenters. The Balaban J connectivity index is 1.64. The standard InChI is InChI=1S/C21H32N2O10/c1-11-14(21(30)33-20(11)29)3-4-16(26)22-5-6-31-7-8-32-15-9-13(10-24)18(27)19(28)17(15)23-12(2)25/h13,15,17-19,24,27-28H,3-10H2,1-2H3,(H,22,26)(H,23,25)/t13-,15-,17+,18+,19-/m1/s1. The summed E-state index contributed by atoms with van der Waals surface area (Å²) in [7, 11) is 0. The van der Waals surface area contributed by atoms with E-state index in [-0.39, 0.29) is 75.2 Å². The van der Waals surface area contributed by atoms with Crippen LogP contribution in [0, 0.1) is 5.92 Å². The van der Waals surface area contributed by atoms with Crippen molar-refractivity contribution in [1.82, 2.24) is 10.6 Å². The second-order valence-electron chi connectivity index (χ2n) is 8.04. The number of ether oxygens (including phenoxy) is 3. The molecular weight excluding hydrogens is 440 g/mol. The van der Waals surface area contributed by atoms with Crippen molar-refractivity contribution in [2.75, 3.05) is 33.0 Å². The Morgan fingerprint density at radius 1 is 1.12 bits per heavy atom. The van der Waals surface area contributed by atoms with Crippen LogP contribution >= 0.6 is 0 Å². The van der Waals surface area contributed by atoms with Crippen LogP contribution in [0.15, 0.2) is 11.1 Å². The highest BCUT2D eigenvalue weighted by Gasteiger charge is 2.44. The van der Waals surface area contributed by atoms with Gasteiger partial charge >= 0.3 is 11.9 Å². The molecule has 1 aliphatic carbocycles. The number of hydrogen-bond donors (Lipinski definition) is 5. The summed E-state index contributed by atoms with van der Waals surface area (Å²) in [6.45, 7) is 3.21. The molecule has 186 valence electrons. The second-order valence-corrected chi connectivity index (χ2v) is 8.04. The van der Waals surface area contributed by atoms with Crippen LogP contribution in [0.25, 0.3) is 0 Å². The maximum atomic E-state index is 11.9. The topological polar surface area (TPSA) is 181 Å².